The van der Waals surface area contributed by atoms with Crippen LogP contribution in [0.4, 0.5) is 11.4 Å². The zero-order valence-electron chi connectivity index (χ0n) is 13.1. The maximum Gasteiger partial charge on any atom is 0.231 e. The Bertz CT molecular complexity index is 591. The minimum atomic E-state index is -3.28. The van der Waals surface area contributed by atoms with E-state index in [0.717, 1.165) is 24.9 Å². The van der Waals surface area contributed by atoms with E-state index in [1.165, 1.54) is 11.4 Å². The normalized spacial score (nSPS) is 11.0. The molecule has 0 spiro atoms. The Morgan fingerprint density at radius 1 is 1.41 bits per heavy atom. The van der Waals surface area contributed by atoms with Gasteiger partial charge in [-0.1, -0.05) is 6.07 Å². The summed E-state index contributed by atoms with van der Waals surface area (Å²) in [5.41, 5.74) is 1.31. The van der Waals surface area contributed by atoms with Crippen LogP contribution in [0.3, 0.4) is 0 Å². The van der Waals surface area contributed by atoms with Crippen LogP contribution in [-0.2, 0) is 14.8 Å². The molecular formula is C14H23N3O3S2. The molecule has 0 aliphatic carbocycles. The number of thiocarbonyl (C=S) groups is 1. The number of benzene rings is 1. The second-order valence-electron chi connectivity index (χ2n) is 4.71. The van der Waals surface area contributed by atoms with Crippen LogP contribution in [0.2, 0.25) is 0 Å². The Morgan fingerprint density at radius 3 is 2.77 bits per heavy atom. The topological polar surface area (TPSA) is 70.7 Å². The van der Waals surface area contributed by atoms with Gasteiger partial charge in [-0.05, 0) is 43.8 Å². The first kappa shape index (κ1) is 18.7. The van der Waals surface area contributed by atoms with Crippen molar-refractivity contribution in [1.82, 2.24) is 5.32 Å². The van der Waals surface area contributed by atoms with Gasteiger partial charge in [0.25, 0.3) is 0 Å². The average molecular weight is 345 g/mol. The first-order valence-corrected chi connectivity index (χ1v) is 9.27. The van der Waals surface area contributed by atoms with E-state index >= 15 is 0 Å². The summed E-state index contributed by atoms with van der Waals surface area (Å²) >= 11 is 5.20. The fourth-order valence-corrected chi connectivity index (χ4v) is 2.38. The van der Waals surface area contributed by atoms with Gasteiger partial charge in [-0.2, -0.15) is 0 Å². The molecule has 1 rings (SSSR count). The van der Waals surface area contributed by atoms with Crippen molar-refractivity contribution in [3.8, 4) is 0 Å². The molecule has 0 fully saturated rings. The molecule has 1 aromatic carbocycles. The van der Waals surface area contributed by atoms with Gasteiger partial charge in [-0.25, -0.2) is 8.42 Å². The van der Waals surface area contributed by atoms with Crippen molar-refractivity contribution in [3.05, 3.63) is 24.3 Å². The monoisotopic (exact) mass is 345 g/mol. The smallest absolute Gasteiger partial charge is 0.231 e. The van der Waals surface area contributed by atoms with E-state index in [1.54, 1.807) is 18.2 Å². The number of ether oxygens (including phenoxy) is 1. The Balaban J connectivity index is 2.54. The largest absolute Gasteiger partial charge is 0.382 e. The maximum absolute atomic E-state index is 11.5. The molecule has 0 bridgehead atoms. The molecule has 0 saturated carbocycles. The van der Waals surface area contributed by atoms with Gasteiger partial charge < -0.3 is 15.4 Å². The zero-order valence-corrected chi connectivity index (χ0v) is 14.8. The lowest BCUT2D eigenvalue weighted by molar-refractivity contribution is 0.146. The van der Waals surface area contributed by atoms with Crippen molar-refractivity contribution in [3.63, 3.8) is 0 Å². The van der Waals surface area contributed by atoms with Crippen molar-refractivity contribution in [2.24, 2.45) is 0 Å². The van der Waals surface area contributed by atoms with Crippen LogP contribution in [0.1, 0.15) is 13.3 Å². The molecule has 0 saturated heterocycles. The number of hydrogen-bond donors (Lipinski definition) is 2. The van der Waals surface area contributed by atoms with Crippen molar-refractivity contribution in [2.75, 3.05) is 42.7 Å². The number of nitrogens with zero attached hydrogens (tertiary/aromatic N) is 1. The quantitative estimate of drug-likeness (QED) is 0.553. The van der Waals surface area contributed by atoms with Crippen LogP contribution < -0.4 is 14.9 Å². The third-order valence-corrected chi connectivity index (χ3v) is 4.37. The van der Waals surface area contributed by atoms with Crippen LogP contribution in [0.15, 0.2) is 24.3 Å². The minimum Gasteiger partial charge on any atom is -0.382 e. The van der Waals surface area contributed by atoms with Crippen molar-refractivity contribution >= 4 is 38.7 Å². The van der Waals surface area contributed by atoms with Gasteiger partial charge in [-0.3, -0.25) is 4.31 Å². The van der Waals surface area contributed by atoms with E-state index in [9.17, 15) is 8.42 Å². The Hall–Kier alpha value is -1.38. The molecular weight excluding hydrogens is 322 g/mol. The van der Waals surface area contributed by atoms with Crippen LogP contribution >= 0.6 is 12.2 Å². The molecule has 0 aliphatic heterocycles. The zero-order chi connectivity index (χ0) is 16.6. The van der Waals surface area contributed by atoms with Gasteiger partial charge in [0, 0.05) is 32.5 Å². The van der Waals surface area contributed by atoms with Crippen LogP contribution in [0.5, 0.6) is 0 Å². The van der Waals surface area contributed by atoms with E-state index in [1.807, 2.05) is 13.0 Å². The third kappa shape index (κ3) is 6.59. The van der Waals surface area contributed by atoms with Crippen molar-refractivity contribution in [1.29, 1.82) is 0 Å². The maximum atomic E-state index is 11.5. The van der Waals surface area contributed by atoms with Gasteiger partial charge in [-0.15, -0.1) is 0 Å². The Kier molecular flexibility index (Phi) is 7.57. The first-order valence-electron chi connectivity index (χ1n) is 7.01. The van der Waals surface area contributed by atoms with E-state index < -0.39 is 10.0 Å². The molecule has 0 unspecified atom stereocenters. The summed E-state index contributed by atoms with van der Waals surface area (Å²) in [7, 11) is -1.77. The van der Waals surface area contributed by atoms with E-state index in [4.69, 9.17) is 17.0 Å². The number of rotatable bonds is 8. The van der Waals surface area contributed by atoms with E-state index in [2.05, 4.69) is 10.6 Å². The summed E-state index contributed by atoms with van der Waals surface area (Å²) in [4.78, 5) is 0. The summed E-state index contributed by atoms with van der Waals surface area (Å²) in [6, 6.07) is 7.06. The summed E-state index contributed by atoms with van der Waals surface area (Å²) in [6.07, 6.45) is 2.03. The summed E-state index contributed by atoms with van der Waals surface area (Å²) in [5, 5.41) is 6.61. The van der Waals surface area contributed by atoms with E-state index in [0.29, 0.717) is 24.0 Å². The highest BCUT2D eigenvalue weighted by Crippen LogP contribution is 2.20. The van der Waals surface area contributed by atoms with Crippen LogP contribution in [-0.4, -0.2) is 46.6 Å². The molecule has 0 amide bonds. The SMILES string of the molecule is CCOCCCNC(=S)Nc1cccc(N(C)S(C)(=O)=O)c1. The molecule has 0 aromatic heterocycles. The standard InChI is InChI=1S/C14H23N3O3S2/c1-4-20-10-6-9-15-14(21)16-12-7-5-8-13(11-12)17(2)22(3,18)19/h5,7-8,11H,4,6,9-10H2,1-3H3,(H2,15,16,21). The third-order valence-electron chi connectivity index (χ3n) is 2.92. The lowest BCUT2D eigenvalue weighted by Gasteiger charge is -2.18. The van der Waals surface area contributed by atoms with Crippen molar-refractivity contribution < 1.29 is 13.2 Å². The van der Waals surface area contributed by atoms with Gasteiger partial charge in [0.15, 0.2) is 5.11 Å². The minimum absolute atomic E-state index is 0.496. The molecule has 0 aliphatic rings. The molecule has 22 heavy (non-hydrogen) atoms. The number of nitrogens with one attached hydrogen (secondary N) is 2. The fourth-order valence-electron chi connectivity index (χ4n) is 1.67. The fraction of sp³-hybridized carbons (Fsp3) is 0.500. The first-order chi connectivity index (χ1) is 10.3. The molecule has 8 heteroatoms. The van der Waals surface area contributed by atoms with Gasteiger partial charge in [0.2, 0.25) is 10.0 Å². The van der Waals surface area contributed by atoms with Gasteiger partial charge in [0.05, 0.1) is 11.9 Å². The lowest BCUT2D eigenvalue weighted by atomic mass is 10.3. The van der Waals surface area contributed by atoms with Gasteiger partial charge >= 0.3 is 0 Å². The predicted molar refractivity (Wildman–Crippen MR) is 95.0 cm³/mol. The predicted octanol–water partition coefficient (Wildman–Crippen LogP) is 1.80. The highest BCUT2D eigenvalue weighted by molar-refractivity contribution is 7.92. The van der Waals surface area contributed by atoms with Crippen LogP contribution in [0, 0.1) is 0 Å². The molecule has 0 heterocycles. The summed E-state index contributed by atoms with van der Waals surface area (Å²) in [6.45, 7) is 4.08. The summed E-state index contributed by atoms with van der Waals surface area (Å²) in [5.74, 6) is 0. The lowest BCUT2D eigenvalue weighted by Crippen LogP contribution is -2.30. The molecule has 2 N–H and O–H groups in total. The molecule has 6 nitrogen and oxygen atoms in total. The summed E-state index contributed by atoms with van der Waals surface area (Å²) < 4.78 is 29.6. The van der Waals surface area contributed by atoms with Crippen LogP contribution in [0.25, 0.3) is 0 Å². The molecule has 0 atom stereocenters. The van der Waals surface area contributed by atoms with E-state index in [-0.39, 0.29) is 0 Å². The molecule has 1 aromatic rings. The number of anilines is 2. The molecule has 124 valence electrons. The highest BCUT2D eigenvalue weighted by atomic mass is 32.2. The second-order valence-corrected chi connectivity index (χ2v) is 7.13. The number of sulfonamides is 1. The number of hydrogen-bond acceptors (Lipinski definition) is 4. The molecule has 0 radical (unpaired) electrons. The average Bonchev–Trinajstić information content (AvgIpc) is 2.45. The van der Waals surface area contributed by atoms with Crippen molar-refractivity contribution in [2.45, 2.75) is 13.3 Å². The highest BCUT2D eigenvalue weighted by Gasteiger charge is 2.12. The Labute approximate surface area is 137 Å². The Morgan fingerprint density at radius 2 is 2.14 bits per heavy atom. The van der Waals surface area contributed by atoms with Gasteiger partial charge in [0.1, 0.15) is 0 Å². The second kappa shape index (κ2) is 8.92.